The quantitative estimate of drug-likeness (QED) is 0.911. The molecule has 1 aromatic carbocycles. The van der Waals surface area contributed by atoms with Gasteiger partial charge in [0.1, 0.15) is 0 Å². The van der Waals surface area contributed by atoms with Crippen LogP contribution in [0.3, 0.4) is 0 Å². The smallest absolute Gasteiger partial charge is 0.257 e. The van der Waals surface area contributed by atoms with Crippen LogP contribution in [0.25, 0.3) is 0 Å². The van der Waals surface area contributed by atoms with Crippen molar-refractivity contribution in [1.82, 2.24) is 10.3 Å². The fraction of sp³-hybridized carbons (Fsp3) is 0.278. The van der Waals surface area contributed by atoms with Crippen LogP contribution in [0, 0.1) is 13.8 Å². The maximum absolute atomic E-state index is 12.4. The Bertz CT molecular complexity index is 739. The zero-order valence-corrected chi connectivity index (χ0v) is 13.8. The minimum Gasteiger partial charge on any atom is -0.350 e. The molecule has 5 heteroatoms. The monoisotopic (exact) mass is 311 g/mol. The van der Waals surface area contributed by atoms with E-state index in [1.54, 1.807) is 6.07 Å². The van der Waals surface area contributed by atoms with E-state index in [1.807, 2.05) is 45.9 Å². The minimum atomic E-state index is -0.287. The normalized spacial score (nSPS) is 10.5. The third-order valence-corrected chi connectivity index (χ3v) is 3.54. The Balaban J connectivity index is 2.20. The van der Waals surface area contributed by atoms with Gasteiger partial charge in [-0.3, -0.25) is 14.6 Å². The lowest BCUT2D eigenvalue weighted by molar-refractivity contribution is 0.0942. The number of amides is 2. The van der Waals surface area contributed by atoms with Gasteiger partial charge >= 0.3 is 0 Å². The number of aromatic nitrogens is 1. The summed E-state index contributed by atoms with van der Waals surface area (Å²) in [4.78, 5) is 28.4. The molecule has 1 heterocycles. The van der Waals surface area contributed by atoms with Gasteiger partial charge in [-0.1, -0.05) is 12.1 Å². The first-order valence-corrected chi connectivity index (χ1v) is 7.52. The zero-order chi connectivity index (χ0) is 17.0. The van der Waals surface area contributed by atoms with E-state index in [4.69, 9.17) is 0 Å². The molecule has 0 saturated carbocycles. The second kappa shape index (κ2) is 7.05. The van der Waals surface area contributed by atoms with Gasteiger partial charge < -0.3 is 10.6 Å². The molecule has 2 amide bonds. The van der Waals surface area contributed by atoms with E-state index >= 15 is 0 Å². The summed E-state index contributed by atoms with van der Waals surface area (Å²) in [6, 6.07) is 7.30. The van der Waals surface area contributed by atoms with Crippen molar-refractivity contribution in [2.45, 2.75) is 33.7 Å². The van der Waals surface area contributed by atoms with Crippen molar-refractivity contribution in [3.05, 3.63) is 58.9 Å². The van der Waals surface area contributed by atoms with E-state index in [2.05, 4.69) is 15.6 Å². The highest BCUT2D eigenvalue weighted by molar-refractivity contribution is 6.06. The van der Waals surface area contributed by atoms with Gasteiger partial charge in [-0.25, -0.2) is 0 Å². The van der Waals surface area contributed by atoms with Gasteiger partial charge in [0, 0.05) is 24.1 Å². The number of carbonyl (C=O) groups is 2. The fourth-order valence-electron chi connectivity index (χ4n) is 2.11. The van der Waals surface area contributed by atoms with Crippen LogP contribution in [0.2, 0.25) is 0 Å². The van der Waals surface area contributed by atoms with Crippen molar-refractivity contribution in [2.75, 3.05) is 5.32 Å². The standard InChI is InChI=1S/C18H21N3O2/c1-11(2)20-17(22)14-8-15(10-19-9-14)18(23)21-16-7-5-6-12(3)13(16)4/h5-11H,1-4H3,(H,20,22)(H,21,23). The SMILES string of the molecule is Cc1cccc(NC(=O)c2cncc(C(=O)NC(C)C)c2)c1C. The first kappa shape index (κ1) is 16.7. The number of aryl methyl sites for hydroxylation is 1. The molecule has 2 N–H and O–H groups in total. The first-order chi connectivity index (χ1) is 10.9. The number of nitrogens with zero attached hydrogens (tertiary/aromatic N) is 1. The third kappa shape index (κ3) is 4.16. The number of hydrogen-bond acceptors (Lipinski definition) is 3. The molecule has 23 heavy (non-hydrogen) atoms. The molecule has 0 unspecified atom stereocenters. The highest BCUT2D eigenvalue weighted by atomic mass is 16.2. The molecule has 120 valence electrons. The van der Waals surface area contributed by atoms with Crippen molar-refractivity contribution < 1.29 is 9.59 Å². The van der Waals surface area contributed by atoms with Gasteiger partial charge in [0.15, 0.2) is 0 Å². The first-order valence-electron chi connectivity index (χ1n) is 7.52. The number of rotatable bonds is 4. The largest absolute Gasteiger partial charge is 0.350 e. The molecule has 2 rings (SSSR count). The number of pyridine rings is 1. The molecule has 0 atom stereocenters. The van der Waals surface area contributed by atoms with Gasteiger partial charge in [0.2, 0.25) is 0 Å². The highest BCUT2D eigenvalue weighted by Gasteiger charge is 2.13. The number of nitrogens with one attached hydrogen (secondary N) is 2. The summed E-state index contributed by atoms with van der Waals surface area (Å²) < 4.78 is 0. The number of benzene rings is 1. The molecule has 0 bridgehead atoms. The van der Waals surface area contributed by atoms with E-state index in [0.29, 0.717) is 11.1 Å². The molecule has 5 nitrogen and oxygen atoms in total. The van der Waals surface area contributed by atoms with Gasteiger partial charge in [0.25, 0.3) is 11.8 Å². The molecule has 2 aromatic rings. The third-order valence-electron chi connectivity index (χ3n) is 3.54. The summed E-state index contributed by atoms with van der Waals surface area (Å²) in [6.45, 7) is 7.70. The number of hydrogen-bond donors (Lipinski definition) is 2. The second-order valence-electron chi connectivity index (χ2n) is 5.79. The molecule has 0 saturated heterocycles. The lowest BCUT2D eigenvalue weighted by Crippen LogP contribution is -2.30. The maximum Gasteiger partial charge on any atom is 0.257 e. The summed E-state index contributed by atoms with van der Waals surface area (Å²) in [5, 5.41) is 5.64. The van der Waals surface area contributed by atoms with Gasteiger partial charge in [-0.15, -0.1) is 0 Å². The lowest BCUT2D eigenvalue weighted by Gasteiger charge is -2.11. The molecule has 1 aromatic heterocycles. The van der Waals surface area contributed by atoms with Crippen LogP contribution >= 0.6 is 0 Å². The Hall–Kier alpha value is -2.69. The van der Waals surface area contributed by atoms with E-state index in [9.17, 15) is 9.59 Å². The Kier molecular flexibility index (Phi) is 5.11. The van der Waals surface area contributed by atoms with Crippen LogP contribution in [-0.2, 0) is 0 Å². The second-order valence-corrected chi connectivity index (χ2v) is 5.79. The Morgan fingerprint density at radius 2 is 1.70 bits per heavy atom. The zero-order valence-electron chi connectivity index (χ0n) is 13.8. The van der Waals surface area contributed by atoms with Crippen LogP contribution in [0.5, 0.6) is 0 Å². The van der Waals surface area contributed by atoms with Gasteiger partial charge in [-0.05, 0) is 51.0 Å². The Labute approximate surface area is 136 Å². The summed E-state index contributed by atoms with van der Waals surface area (Å²) in [6.07, 6.45) is 2.90. The van der Waals surface area contributed by atoms with Gasteiger partial charge in [0.05, 0.1) is 11.1 Å². The van der Waals surface area contributed by atoms with E-state index in [1.165, 1.54) is 12.4 Å². The van der Waals surface area contributed by atoms with Gasteiger partial charge in [-0.2, -0.15) is 0 Å². The summed E-state index contributed by atoms with van der Waals surface area (Å²) >= 11 is 0. The molecule has 0 spiro atoms. The van der Waals surface area contributed by atoms with Crippen molar-refractivity contribution in [1.29, 1.82) is 0 Å². The van der Waals surface area contributed by atoms with Crippen molar-refractivity contribution >= 4 is 17.5 Å². The molecule has 0 aliphatic carbocycles. The van der Waals surface area contributed by atoms with Crippen LogP contribution in [0.15, 0.2) is 36.7 Å². The van der Waals surface area contributed by atoms with Crippen LogP contribution in [0.1, 0.15) is 45.7 Å². The molecular formula is C18H21N3O2. The predicted octanol–water partition coefficient (Wildman–Crippen LogP) is 3.09. The topological polar surface area (TPSA) is 71.1 Å². The predicted molar refractivity (Wildman–Crippen MR) is 90.7 cm³/mol. The molecule has 0 fully saturated rings. The number of anilines is 1. The molecule has 0 radical (unpaired) electrons. The summed E-state index contributed by atoms with van der Waals surface area (Å²) in [5.74, 6) is -0.528. The van der Waals surface area contributed by atoms with Crippen LogP contribution in [-0.4, -0.2) is 22.8 Å². The highest BCUT2D eigenvalue weighted by Crippen LogP contribution is 2.19. The van der Waals surface area contributed by atoms with E-state index in [-0.39, 0.29) is 17.9 Å². The molecule has 0 aliphatic heterocycles. The Morgan fingerprint density at radius 3 is 2.35 bits per heavy atom. The van der Waals surface area contributed by atoms with Crippen molar-refractivity contribution in [3.8, 4) is 0 Å². The fourth-order valence-corrected chi connectivity index (χ4v) is 2.11. The average molecular weight is 311 g/mol. The molecular weight excluding hydrogens is 290 g/mol. The van der Waals surface area contributed by atoms with Crippen LogP contribution in [0.4, 0.5) is 5.69 Å². The average Bonchev–Trinajstić information content (AvgIpc) is 2.51. The number of carbonyl (C=O) groups excluding carboxylic acids is 2. The van der Waals surface area contributed by atoms with Crippen molar-refractivity contribution in [3.63, 3.8) is 0 Å². The van der Waals surface area contributed by atoms with Crippen LogP contribution < -0.4 is 10.6 Å². The lowest BCUT2D eigenvalue weighted by atomic mass is 10.1. The van der Waals surface area contributed by atoms with E-state index in [0.717, 1.165) is 16.8 Å². The maximum atomic E-state index is 12.4. The van der Waals surface area contributed by atoms with E-state index < -0.39 is 0 Å². The summed E-state index contributed by atoms with van der Waals surface area (Å²) in [7, 11) is 0. The molecule has 0 aliphatic rings. The summed E-state index contributed by atoms with van der Waals surface area (Å²) in [5.41, 5.74) is 3.59. The Morgan fingerprint density at radius 1 is 1.04 bits per heavy atom. The minimum absolute atomic E-state index is 0.0231. The van der Waals surface area contributed by atoms with Crippen molar-refractivity contribution in [2.24, 2.45) is 0 Å².